The topological polar surface area (TPSA) is 15.6 Å². The first kappa shape index (κ1) is 18.1. The molecule has 2 aromatic rings. The molecule has 0 aliphatic carbocycles. The second-order valence-electron chi connectivity index (χ2n) is 6.68. The van der Waals surface area contributed by atoms with Crippen LogP contribution in [-0.4, -0.2) is 6.21 Å². The normalized spacial score (nSPS) is 16.6. The molecule has 0 N–H and O–H groups in total. The number of hydrogen-bond acceptors (Lipinski definition) is 3. The van der Waals surface area contributed by atoms with Crippen molar-refractivity contribution in [2.24, 2.45) is 5.10 Å². The van der Waals surface area contributed by atoms with Gasteiger partial charge in [0.25, 0.3) is 0 Å². The second-order valence-corrected chi connectivity index (χ2v) is 7.74. The predicted molar refractivity (Wildman–Crippen MR) is 111 cm³/mol. The van der Waals surface area contributed by atoms with Crippen LogP contribution in [0.15, 0.2) is 53.6 Å². The third-order valence-corrected chi connectivity index (χ3v) is 5.72. The maximum absolute atomic E-state index is 4.60. The molecule has 0 bridgehead atoms. The Morgan fingerprint density at radius 1 is 0.840 bits per heavy atom. The highest BCUT2D eigenvalue weighted by Gasteiger charge is 2.21. The number of hydrazone groups is 1. The van der Waals surface area contributed by atoms with Crippen LogP contribution in [0.2, 0.25) is 0 Å². The Hall–Kier alpha value is -1.74. The number of anilines is 1. The first-order chi connectivity index (χ1) is 12.3. The molecule has 0 spiro atoms. The number of unbranched alkanes of at least 4 members (excludes halogenated alkanes) is 2. The Bertz CT molecular complexity index is 676. The zero-order valence-electron chi connectivity index (χ0n) is 15.3. The molecule has 1 unspecified atom stereocenters. The molecular weight excluding hydrogens is 324 g/mol. The lowest BCUT2D eigenvalue weighted by atomic mass is 10.1. The molecule has 0 saturated carbocycles. The number of aryl methyl sites for hydroxylation is 2. The molecule has 132 valence electrons. The van der Waals surface area contributed by atoms with Gasteiger partial charge in [0.15, 0.2) is 0 Å². The molecule has 1 aliphatic rings. The maximum atomic E-state index is 4.60. The van der Waals surface area contributed by atoms with Crippen molar-refractivity contribution in [3.8, 4) is 0 Å². The number of rotatable bonds is 8. The van der Waals surface area contributed by atoms with Crippen LogP contribution in [-0.2, 0) is 12.8 Å². The molecular formula is C22H28N2S. The average Bonchev–Trinajstić information content (AvgIpc) is 3.14. The van der Waals surface area contributed by atoms with E-state index in [-0.39, 0.29) is 0 Å². The van der Waals surface area contributed by atoms with Gasteiger partial charge in [0.1, 0.15) is 0 Å². The Morgan fingerprint density at radius 2 is 1.52 bits per heavy atom. The lowest BCUT2D eigenvalue weighted by Crippen LogP contribution is -2.02. The van der Waals surface area contributed by atoms with Crippen molar-refractivity contribution in [2.75, 3.05) is 4.41 Å². The van der Waals surface area contributed by atoms with Crippen LogP contribution >= 0.6 is 11.9 Å². The molecule has 2 nitrogen and oxygen atoms in total. The first-order valence-electron chi connectivity index (χ1n) is 9.49. The highest BCUT2D eigenvalue weighted by molar-refractivity contribution is 8.01. The number of hydrogen-bond donors (Lipinski definition) is 0. The van der Waals surface area contributed by atoms with E-state index in [9.17, 15) is 0 Å². The van der Waals surface area contributed by atoms with E-state index in [2.05, 4.69) is 73.7 Å². The van der Waals surface area contributed by atoms with Crippen molar-refractivity contribution in [2.45, 2.75) is 57.6 Å². The van der Waals surface area contributed by atoms with Gasteiger partial charge < -0.3 is 0 Å². The van der Waals surface area contributed by atoms with E-state index >= 15 is 0 Å². The number of nitrogens with zero attached hydrogens (tertiary/aromatic N) is 2. The maximum Gasteiger partial charge on any atom is 0.0887 e. The van der Waals surface area contributed by atoms with E-state index in [1.165, 1.54) is 48.8 Å². The van der Waals surface area contributed by atoms with Crippen LogP contribution < -0.4 is 4.41 Å². The fourth-order valence-electron chi connectivity index (χ4n) is 3.09. The monoisotopic (exact) mass is 352 g/mol. The fraction of sp³-hybridized carbons (Fsp3) is 0.409. The highest BCUT2D eigenvalue weighted by atomic mass is 32.2. The molecule has 1 heterocycles. The first-order valence-corrected chi connectivity index (χ1v) is 10.3. The van der Waals surface area contributed by atoms with E-state index in [1.54, 1.807) is 11.9 Å². The minimum Gasteiger partial charge on any atom is -0.206 e. The summed E-state index contributed by atoms with van der Waals surface area (Å²) >= 11 is 1.77. The summed E-state index contributed by atoms with van der Waals surface area (Å²) in [6.45, 7) is 4.47. The van der Waals surface area contributed by atoms with Gasteiger partial charge in [-0.15, -0.1) is 0 Å². The van der Waals surface area contributed by atoms with Gasteiger partial charge in [-0.05, 0) is 60.0 Å². The summed E-state index contributed by atoms with van der Waals surface area (Å²) in [5.74, 6) is 0. The lowest BCUT2D eigenvalue weighted by Gasteiger charge is -2.15. The number of benzene rings is 2. The van der Waals surface area contributed by atoms with Crippen LogP contribution in [0, 0.1) is 0 Å². The van der Waals surface area contributed by atoms with Crippen molar-refractivity contribution in [1.29, 1.82) is 0 Å². The molecule has 0 saturated heterocycles. The zero-order valence-corrected chi connectivity index (χ0v) is 16.1. The Labute approximate surface area is 156 Å². The van der Waals surface area contributed by atoms with Gasteiger partial charge in [0, 0.05) is 6.21 Å². The standard InChI is InChI=1S/C22H28N2S/c1-3-5-6-8-19-11-15-21(16-12-19)24-23-17-22(25-24)20-13-9-18(7-4-2)10-14-20/h9-17,22H,3-8H2,1-2H3. The van der Waals surface area contributed by atoms with E-state index in [0.29, 0.717) is 5.25 Å². The molecule has 1 atom stereocenters. The van der Waals surface area contributed by atoms with E-state index in [1.807, 2.05) is 4.41 Å². The minimum absolute atomic E-state index is 0.305. The Balaban J connectivity index is 1.58. The minimum atomic E-state index is 0.305. The highest BCUT2D eigenvalue weighted by Crippen LogP contribution is 2.38. The van der Waals surface area contributed by atoms with Crippen LogP contribution in [0.5, 0.6) is 0 Å². The third kappa shape index (κ3) is 4.88. The molecule has 0 aromatic heterocycles. The second kappa shape index (κ2) is 9.10. The molecule has 2 aromatic carbocycles. The summed E-state index contributed by atoms with van der Waals surface area (Å²) in [7, 11) is 0. The van der Waals surface area contributed by atoms with Crippen LogP contribution in [0.25, 0.3) is 0 Å². The summed E-state index contributed by atoms with van der Waals surface area (Å²) < 4.78 is 2.04. The van der Waals surface area contributed by atoms with E-state index in [0.717, 1.165) is 12.1 Å². The van der Waals surface area contributed by atoms with Crippen LogP contribution in [0.3, 0.4) is 0 Å². The molecule has 1 aliphatic heterocycles. The lowest BCUT2D eigenvalue weighted by molar-refractivity contribution is 0.717. The Morgan fingerprint density at radius 3 is 2.20 bits per heavy atom. The smallest absolute Gasteiger partial charge is 0.0887 e. The van der Waals surface area contributed by atoms with Gasteiger partial charge in [-0.25, -0.2) is 4.41 Å². The van der Waals surface area contributed by atoms with Gasteiger partial charge in [-0.2, -0.15) is 5.10 Å². The van der Waals surface area contributed by atoms with Crippen molar-refractivity contribution in [3.05, 3.63) is 65.2 Å². The SMILES string of the molecule is CCCCCc1ccc(N2N=CC(c3ccc(CCC)cc3)S2)cc1. The zero-order chi connectivity index (χ0) is 17.5. The van der Waals surface area contributed by atoms with Crippen LogP contribution in [0.4, 0.5) is 5.69 Å². The van der Waals surface area contributed by atoms with E-state index in [4.69, 9.17) is 0 Å². The molecule has 0 fully saturated rings. The summed E-state index contributed by atoms with van der Waals surface area (Å²) in [5, 5.41) is 4.90. The van der Waals surface area contributed by atoms with E-state index < -0.39 is 0 Å². The van der Waals surface area contributed by atoms with Gasteiger partial charge in [0.2, 0.25) is 0 Å². The van der Waals surface area contributed by atoms with Gasteiger partial charge >= 0.3 is 0 Å². The molecule has 0 radical (unpaired) electrons. The quantitative estimate of drug-likeness (QED) is 0.394. The molecule has 25 heavy (non-hydrogen) atoms. The summed E-state index contributed by atoms with van der Waals surface area (Å²) in [4.78, 5) is 0. The summed E-state index contributed by atoms with van der Waals surface area (Å²) in [6, 6.07) is 17.9. The third-order valence-electron chi connectivity index (χ3n) is 4.59. The Kier molecular flexibility index (Phi) is 6.57. The van der Waals surface area contributed by atoms with Gasteiger partial charge in [-0.1, -0.05) is 69.5 Å². The fourth-order valence-corrected chi connectivity index (χ4v) is 4.04. The molecule has 0 amide bonds. The molecule has 3 heteroatoms. The van der Waals surface area contributed by atoms with Crippen molar-refractivity contribution >= 4 is 23.8 Å². The van der Waals surface area contributed by atoms with Crippen molar-refractivity contribution in [1.82, 2.24) is 0 Å². The van der Waals surface area contributed by atoms with Crippen molar-refractivity contribution < 1.29 is 0 Å². The summed E-state index contributed by atoms with van der Waals surface area (Å²) in [5.41, 5.74) is 5.33. The largest absolute Gasteiger partial charge is 0.206 e. The average molecular weight is 353 g/mol. The van der Waals surface area contributed by atoms with Crippen LogP contribution in [0.1, 0.15) is 61.5 Å². The van der Waals surface area contributed by atoms with Crippen molar-refractivity contribution in [3.63, 3.8) is 0 Å². The predicted octanol–water partition coefficient (Wildman–Crippen LogP) is 6.57. The molecule has 3 rings (SSSR count). The van der Waals surface area contributed by atoms with Gasteiger partial charge in [-0.3, -0.25) is 0 Å². The van der Waals surface area contributed by atoms with Gasteiger partial charge in [0.05, 0.1) is 10.9 Å². The summed E-state index contributed by atoms with van der Waals surface area (Å²) in [6.07, 6.45) is 9.45.